The van der Waals surface area contributed by atoms with E-state index in [9.17, 15) is 14.9 Å². The van der Waals surface area contributed by atoms with E-state index in [1.54, 1.807) is 18.2 Å². The van der Waals surface area contributed by atoms with E-state index in [-0.39, 0.29) is 10.9 Å². The highest BCUT2D eigenvalue weighted by atomic mass is 35.5. The summed E-state index contributed by atoms with van der Waals surface area (Å²) >= 11 is 7.05. The lowest BCUT2D eigenvalue weighted by atomic mass is 10.2. The number of non-ortho nitro benzene ring substituents is 1. The summed E-state index contributed by atoms with van der Waals surface area (Å²) < 4.78 is 0. The molecule has 6 nitrogen and oxygen atoms in total. The summed E-state index contributed by atoms with van der Waals surface area (Å²) in [6.07, 6.45) is 3.04. The molecule has 1 aromatic carbocycles. The van der Waals surface area contributed by atoms with Crippen LogP contribution in [0.25, 0.3) is 6.08 Å². The third-order valence-corrected chi connectivity index (χ3v) is 3.35. The minimum Gasteiger partial charge on any atom is -0.378 e. The predicted octanol–water partition coefficient (Wildman–Crippen LogP) is 2.65. The van der Waals surface area contributed by atoms with Crippen LogP contribution < -0.4 is 5.73 Å². The summed E-state index contributed by atoms with van der Waals surface area (Å²) in [4.78, 5) is 25.3. The molecule has 0 bridgehead atoms. The first-order chi connectivity index (χ1) is 9.45. The van der Waals surface area contributed by atoms with Gasteiger partial charge in [-0.3, -0.25) is 14.9 Å². The lowest BCUT2D eigenvalue weighted by Gasteiger charge is -1.96. The smallest absolute Gasteiger partial charge is 0.286 e. The molecule has 0 saturated carbocycles. The summed E-state index contributed by atoms with van der Waals surface area (Å²) in [6.45, 7) is 0. The van der Waals surface area contributed by atoms with E-state index in [2.05, 4.69) is 4.99 Å². The van der Waals surface area contributed by atoms with Gasteiger partial charge >= 0.3 is 0 Å². The summed E-state index contributed by atoms with van der Waals surface area (Å²) in [5, 5.41) is 11.0. The number of carbonyl (C=O) groups excluding carboxylic acids is 1. The van der Waals surface area contributed by atoms with E-state index < -0.39 is 10.8 Å². The number of amidine groups is 1. The molecular weight excluding hydrogens is 302 g/mol. The van der Waals surface area contributed by atoms with Crippen LogP contribution in [0.1, 0.15) is 5.56 Å². The third-order valence-electron chi connectivity index (χ3n) is 2.31. The lowest BCUT2D eigenvalue weighted by Crippen LogP contribution is -2.01. The molecule has 8 heteroatoms. The van der Waals surface area contributed by atoms with Crippen LogP contribution in [0.15, 0.2) is 45.3 Å². The van der Waals surface area contributed by atoms with Crippen molar-refractivity contribution >= 4 is 46.2 Å². The molecule has 1 amide bonds. The average molecular weight is 310 g/mol. The number of nitro groups is 1. The zero-order valence-electron chi connectivity index (χ0n) is 9.95. The van der Waals surface area contributed by atoms with E-state index in [0.717, 1.165) is 11.8 Å². The number of amides is 1. The largest absolute Gasteiger partial charge is 0.378 e. The second kappa shape index (κ2) is 5.89. The van der Waals surface area contributed by atoms with Crippen molar-refractivity contribution in [3.8, 4) is 0 Å². The molecule has 1 aliphatic heterocycles. The Balaban J connectivity index is 2.17. The zero-order chi connectivity index (χ0) is 14.7. The van der Waals surface area contributed by atoms with Gasteiger partial charge in [-0.25, -0.2) is 0 Å². The zero-order valence-corrected chi connectivity index (χ0v) is 11.5. The number of nitro benzene ring substituents is 1. The van der Waals surface area contributed by atoms with Gasteiger partial charge < -0.3 is 5.73 Å². The fourth-order valence-electron chi connectivity index (χ4n) is 1.44. The average Bonchev–Trinajstić information content (AvgIpc) is 2.68. The number of rotatable bonds is 3. The van der Waals surface area contributed by atoms with E-state index in [0.29, 0.717) is 15.5 Å². The molecule has 0 spiro atoms. The Labute approximate surface area is 123 Å². The van der Waals surface area contributed by atoms with Gasteiger partial charge in [-0.2, -0.15) is 4.99 Å². The number of benzene rings is 1. The van der Waals surface area contributed by atoms with Gasteiger partial charge in [-0.15, -0.1) is 0 Å². The monoisotopic (exact) mass is 309 g/mol. The Kier molecular flexibility index (Phi) is 4.21. The Morgan fingerprint density at radius 1 is 1.40 bits per heavy atom. The fraction of sp³-hybridized carbons (Fsp3) is 0. The van der Waals surface area contributed by atoms with Crippen LogP contribution in [0, 0.1) is 10.1 Å². The van der Waals surface area contributed by atoms with Gasteiger partial charge in [-0.1, -0.05) is 11.6 Å². The maximum absolute atomic E-state index is 11.4. The molecule has 0 aliphatic carbocycles. The first kappa shape index (κ1) is 14.3. The number of nitrogens with two attached hydrogens (primary N) is 1. The van der Waals surface area contributed by atoms with Gasteiger partial charge in [-0.05, 0) is 41.6 Å². The molecule has 102 valence electrons. The van der Waals surface area contributed by atoms with Crippen molar-refractivity contribution in [1.82, 2.24) is 0 Å². The molecule has 20 heavy (non-hydrogen) atoms. The molecule has 0 unspecified atom stereocenters. The molecular formula is C12H8ClN3O3S. The summed E-state index contributed by atoms with van der Waals surface area (Å²) in [7, 11) is 0. The number of thioether (sulfide) groups is 1. The van der Waals surface area contributed by atoms with Crippen molar-refractivity contribution in [1.29, 1.82) is 0 Å². The highest BCUT2D eigenvalue weighted by molar-refractivity contribution is 8.18. The van der Waals surface area contributed by atoms with Gasteiger partial charge in [0.2, 0.25) is 0 Å². The maximum Gasteiger partial charge on any atom is 0.286 e. The molecule has 0 atom stereocenters. The quantitative estimate of drug-likeness (QED) is 0.525. The highest BCUT2D eigenvalue weighted by Gasteiger charge is 2.19. The van der Waals surface area contributed by atoms with Gasteiger partial charge in [0.1, 0.15) is 0 Å². The van der Waals surface area contributed by atoms with E-state index in [1.807, 2.05) is 0 Å². The number of allylic oxidation sites excluding steroid dienone is 2. The normalized spacial score (nSPS) is 17.4. The Morgan fingerprint density at radius 2 is 2.05 bits per heavy atom. The number of hydrogen-bond acceptors (Lipinski definition) is 5. The second-order valence-corrected chi connectivity index (χ2v) is 5.24. The predicted molar refractivity (Wildman–Crippen MR) is 79.2 cm³/mol. The molecule has 1 aromatic rings. The fourth-order valence-corrected chi connectivity index (χ4v) is 2.42. The van der Waals surface area contributed by atoms with Gasteiger partial charge in [0, 0.05) is 17.2 Å². The first-order valence-corrected chi connectivity index (χ1v) is 6.55. The van der Waals surface area contributed by atoms with Crippen LogP contribution in [0.4, 0.5) is 5.69 Å². The Hall–Kier alpha value is -2.12. The molecule has 0 aromatic heterocycles. The molecule has 0 saturated heterocycles. The molecule has 0 fully saturated rings. The van der Waals surface area contributed by atoms with E-state index >= 15 is 0 Å². The van der Waals surface area contributed by atoms with Crippen LogP contribution in [-0.2, 0) is 4.79 Å². The number of halogens is 1. The third kappa shape index (κ3) is 3.46. The van der Waals surface area contributed by atoms with Crippen LogP contribution in [0.2, 0.25) is 0 Å². The van der Waals surface area contributed by atoms with Crippen molar-refractivity contribution in [2.75, 3.05) is 0 Å². The molecule has 2 rings (SSSR count). The molecule has 0 radical (unpaired) electrons. The number of hydrogen-bond donors (Lipinski definition) is 1. The summed E-state index contributed by atoms with van der Waals surface area (Å²) in [5.41, 5.74) is 6.10. The molecule has 1 aliphatic rings. The molecule has 2 N–H and O–H groups in total. The lowest BCUT2D eigenvalue weighted by molar-refractivity contribution is -0.384. The van der Waals surface area contributed by atoms with Crippen molar-refractivity contribution in [2.45, 2.75) is 0 Å². The van der Waals surface area contributed by atoms with Crippen LogP contribution in [-0.4, -0.2) is 16.0 Å². The minimum absolute atomic E-state index is 0.000623. The topological polar surface area (TPSA) is 98.6 Å². The Morgan fingerprint density at radius 3 is 2.55 bits per heavy atom. The number of carbonyl (C=O) groups is 1. The second-order valence-electron chi connectivity index (χ2n) is 3.74. The van der Waals surface area contributed by atoms with Gasteiger partial charge in [0.15, 0.2) is 5.17 Å². The van der Waals surface area contributed by atoms with Gasteiger partial charge in [0.25, 0.3) is 11.6 Å². The van der Waals surface area contributed by atoms with Crippen LogP contribution in [0.5, 0.6) is 0 Å². The SMILES string of the molecule is NC1=NC(=O)/C(=C/C(Cl)=C/c2ccc([N+](=O)[O-])cc2)S1. The molecule has 1 heterocycles. The number of aliphatic imine (C=N–C) groups is 1. The summed E-state index contributed by atoms with van der Waals surface area (Å²) in [5.74, 6) is -0.428. The van der Waals surface area contributed by atoms with E-state index in [1.165, 1.54) is 18.2 Å². The van der Waals surface area contributed by atoms with Crippen LogP contribution >= 0.6 is 23.4 Å². The van der Waals surface area contributed by atoms with Gasteiger partial charge in [0.05, 0.1) is 9.83 Å². The Bertz CT molecular complexity index is 665. The first-order valence-electron chi connectivity index (χ1n) is 5.35. The summed E-state index contributed by atoms with van der Waals surface area (Å²) in [6, 6.07) is 5.88. The van der Waals surface area contributed by atoms with Crippen molar-refractivity contribution in [2.24, 2.45) is 10.7 Å². The van der Waals surface area contributed by atoms with Crippen molar-refractivity contribution < 1.29 is 9.72 Å². The van der Waals surface area contributed by atoms with E-state index in [4.69, 9.17) is 17.3 Å². The van der Waals surface area contributed by atoms with Crippen LogP contribution in [0.3, 0.4) is 0 Å². The maximum atomic E-state index is 11.4. The minimum atomic E-state index is -0.481. The van der Waals surface area contributed by atoms with Crippen molar-refractivity contribution in [3.63, 3.8) is 0 Å². The van der Waals surface area contributed by atoms with Crippen molar-refractivity contribution in [3.05, 3.63) is 56.0 Å². The standard InChI is InChI=1S/C12H8ClN3O3S/c13-8(6-10-11(17)15-12(14)20-10)5-7-1-3-9(4-2-7)16(18)19/h1-6H,(H2,14,15,17)/b8-5-,10-6-. The number of nitrogens with zero attached hydrogens (tertiary/aromatic N) is 2. The highest BCUT2D eigenvalue weighted by Crippen LogP contribution is 2.27.